The number of anilines is 1. The monoisotopic (exact) mass is 261 g/mol. The standard InChI is InChI=1S/C11H11N5O3/c1-4-8-5(2-7(17)13-10(8)16-14-4)6-3-12-15-9(6)11(18)19/h3,5H,2H2,1H3,(H,12,15)(H,18,19)(H2,13,14,16,17). The predicted octanol–water partition coefficient (Wildman–Crippen LogP) is 0.614. The van der Waals surface area contributed by atoms with Crippen molar-refractivity contribution in [3.8, 4) is 0 Å². The first kappa shape index (κ1) is 11.5. The van der Waals surface area contributed by atoms with E-state index in [9.17, 15) is 9.59 Å². The number of hydrogen-bond acceptors (Lipinski definition) is 4. The molecule has 19 heavy (non-hydrogen) atoms. The Morgan fingerprint density at radius 2 is 2.26 bits per heavy atom. The Bertz CT molecular complexity index is 672. The molecule has 0 bridgehead atoms. The number of nitrogens with one attached hydrogen (secondary N) is 3. The van der Waals surface area contributed by atoms with E-state index >= 15 is 0 Å². The molecular weight excluding hydrogens is 250 g/mol. The SMILES string of the molecule is Cc1[nH]nc2c1C(c1cn[nH]c1C(=O)O)CC(=O)N2. The molecule has 8 heteroatoms. The first-order valence-electron chi connectivity index (χ1n) is 5.69. The van der Waals surface area contributed by atoms with E-state index in [-0.39, 0.29) is 23.9 Å². The van der Waals surface area contributed by atoms with Gasteiger partial charge in [0.15, 0.2) is 5.82 Å². The fraction of sp³-hybridized carbons (Fsp3) is 0.273. The second-order valence-electron chi connectivity index (χ2n) is 4.42. The van der Waals surface area contributed by atoms with Crippen molar-refractivity contribution in [2.45, 2.75) is 19.3 Å². The van der Waals surface area contributed by atoms with Gasteiger partial charge in [-0.25, -0.2) is 4.79 Å². The van der Waals surface area contributed by atoms with Gasteiger partial charge < -0.3 is 10.4 Å². The highest BCUT2D eigenvalue weighted by Gasteiger charge is 2.33. The Morgan fingerprint density at radius 3 is 3.00 bits per heavy atom. The molecule has 2 aromatic heterocycles. The molecular formula is C11H11N5O3. The lowest BCUT2D eigenvalue weighted by Gasteiger charge is -2.22. The van der Waals surface area contributed by atoms with Crippen LogP contribution in [0.25, 0.3) is 0 Å². The van der Waals surface area contributed by atoms with Gasteiger partial charge in [0.2, 0.25) is 5.91 Å². The van der Waals surface area contributed by atoms with Crippen molar-refractivity contribution in [3.05, 3.63) is 28.7 Å². The number of aryl methyl sites for hydroxylation is 1. The van der Waals surface area contributed by atoms with Crippen molar-refractivity contribution in [2.75, 3.05) is 5.32 Å². The fourth-order valence-corrected chi connectivity index (χ4v) is 2.43. The van der Waals surface area contributed by atoms with Crippen LogP contribution in [-0.4, -0.2) is 37.4 Å². The van der Waals surface area contributed by atoms with Gasteiger partial charge in [-0.05, 0) is 6.92 Å². The van der Waals surface area contributed by atoms with Crippen LogP contribution in [-0.2, 0) is 4.79 Å². The zero-order valence-corrected chi connectivity index (χ0v) is 10.0. The average Bonchev–Trinajstić information content (AvgIpc) is 2.95. The lowest BCUT2D eigenvalue weighted by molar-refractivity contribution is -0.116. The number of carbonyl (C=O) groups is 2. The Kier molecular flexibility index (Phi) is 2.37. The summed E-state index contributed by atoms with van der Waals surface area (Å²) in [6.45, 7) is 1.83. The molecule has 0 fully saturated rings. The molecule has 1 amide bonds. The number of rotatable bonds is 2. The quantitative estimate of drug-likeness (QED) is 0.630. The Hall–Kier alpha value is -2.64. The van der Waals surface area contributed by atoms with Gasteiger partial charge in [-0.2, -0.15) is 10.2 Å². The third-order valence-corrected chi connectivity index (χ3v) is 3.25. The van der Waals surface area contributed by atoms with Crippen molar-refractivity contribution in [1.82, 2.24) is 20.4 Å². The maximum Gasteiger partial charge on any atom is 0.354 e. The number of carboxylic acid groups (broad SMARTS) is 1. The van der Waals surface area contributed by atoms with Crippen LogP contribution in [0.4, 0.5) is 5.82 Å². The number of carbonyl (C=O) groups excluding carboxylic acids is 1. The van der Waals surface area contributed by atoms with E-state index in [4.69, 9.17) is 5.11 Å². The Morgan fingerprint density at radius 1 is 1.47 bits per heavy atom. The molecule has 0 radical (unpaired) electrons. The first-order valence-corrected chi connectivity index (χ1v) is 5.69. The molecule has 98 valence electrons. The third kappa shape index (κ3) is 1.68. The Balaban J connectivity index is 2.15. The summed E-state index contributed by atoms with van der Waals surface area (Å²) >= 11 is 0. The second kappa shape index (κ2) is 3.94. The number of aromatic nitrogens is 4. The minimum absolute atomic E-state index is 0.00579. The van der Waals surface area contributed by atoms with Gasteiger partial charge in [-0.15, -0.1) is 0 Å². The molecule has 2 aromatic rings. The van der Waals surface area contributed by atoms with Crippen LogP contribution in [0.2, 0.25) is 0 Å². The van der Waals surface area contributed by atoms with Gasteiger partial charge in [-0.1, -0.05) is 0 Å². The minimum atomic E-state index is -1.10. The largest absolute Gasteiger partial charge is 0.477 e. The van der Waals surface area contributed by atoms with Crippen LogP contribution in [0.3, 0.4) is 0 Å². The van der Waals surface area contributed by atoms with E-state index in [1.165, 1.54) is 6.20 Å². The summed E-state index contributed by atoms with van der Waals surface area (Å²) in [6.07, 6.45) is 1.62. The summed E-state index contributed by atoms with van der Waals surface area (Å²) < 4.78 is 0. The topological polar surface area (TPSA) is 124 Å². The highest BCUT2D eigenvalue weighted by atomic mass is 16.4. The van der Waals surface area contributed by atoms with E-state index < -0.39 is 5.97 Å². The molecule has 0 spiro atoms. The van der Waals surface area contributed by atoms with Crippen molar-refractivity contribution in [3.63, 3.8) is 0 Å². The van der Waals surface area contributed by atoms with Crippen molar-refractivity contribution < 1.29 is 14.7 Å². The molecule has 0 saturated heterocycles. The number of carboxylic acids is 1. The van der Waals surface area contributed by atoms with Crippen LogP contribution >= 0.6 is 0 Å². The molecule has 1 unspecified atom stereocenters. The second-order valence-corrected chi connectivity index (χ2v) is 4.42. The number of aromatic carboxylic acids is 1. The lowest BCUT2D eigenvalue weighted by atomic mass is 9.86. The molecule has 1 aliphatic rings. The van der Waals surface area contributed by atoms with E-state index in [0.717, 1.165) is 11.3 Å². The first-order chi connectivity index (χ1) is 9.08. The van der Waals surface area contributed by atoms with Crippen LogP contribution in [0.1, 0.15) is 39.6 Å². The summed E-state index contributed by atoms with van der Waals surface area (Å²) in [5, 5.41) is 24.8. The average molecular weight is 261 g/mol. The molecule has 3 rings (SSSR count). The predicted molar refractivity (Wildman–Crippen MR) is 64.0 cm³/mol. The summed E-state index contributed by atoms with van der Waals surface area (Å²) in [7, 11) is 0. The smallest absolute Gasteiger partial charge is 0.354 e. The fourth-order valence-electron chi connectivity index (χ4n) is 2.43. The van der Waals surface area contributed by atoms with Gasteiger partial charge >= 0.3 is 5.97 Å². The third-order valence-electron chi connectivity index (χ3n) is 3.25. The normalized spacial score (nSPS) is 17.9. The van der Waals surface area contributed by atoms with E-state index in [2.05, 4.69) is 25.7 Å². The molecule has 4 N–H and O–H groups in total. The molecule has 3 heterocycles. The molecule has 0 aliphatic carbocycles. The number of aromatic amines is 2. The van der Waals surface area contributed by atoms with Gasteiger partial charge in [0.1, 0.15) is 5.69 Å². The minimum Gasteiger partial charge on any atom is -0.477 e. The lowest BCUT2D eigenvalue weighted by Crippen LogP contribution is -2.24. The molecule has 0 aromatic carbocycles. The van der Waals surface area contributed by atoms with Crippen molar-refractivity contribution >= 4 is 17.7 Å². The van der Waals surface area contributed by atoms with E-state index in [0.29, 0.717) is 11.4 Å². The number of amides is 1. The number of hydrogen-bond donors (Lipinski definition) is 4. The summed E-state index contributed by atoms with van der Waals surface area (Å²) in [4.78, 5) is 22.8. The maximum absolute atomic E-state index is 11.7. The van der Waals surface area contributed by atoms with Crippen molar-refractivity contribution in [1.29, 1.82) is 0 Å². The molecule has 1 atom stereocenters. The van der Waals surface area contributed by atoms with Crippen LogP contribution in [0.5, 0.6) is 0 Å². The van der Waals surface area contributed by atoms with Gasteiger partial charge in [0.05, 0.1) is 6.20 Å². The zero-order chi connectivity index (χ0) is 13.6. The maximum atomic E-state index is 11.7. The van der Waals surface area contributed by atoms with Crippen LogP contribution in [0, 0.1) is 6.92 Å². The van der Waals surface area contributed by atoms with E-state index in [1.54, 1.807) is 0 Å². The van der Waals surface area contributed by atoms with Crippen LogP contribution < -0.4 is 5.32 Å². The van der Waals surface area contributed by atoms with Crippen molar-refractivity contribution in [2.24, 2.45) is 0 Å². The summed E-state index contributed by atoms with van der Waals surface area (Å²) in [5.74, 6) is -1.19. The highest BCUT2D eigenvalue weighted by molar-refractivity contribution is 5.95. The number of H-pyrrole nitrogens is 2. The van der Waals surface area contributed by atoms with E-state index in [1.807, 2.05) is 6.92 Å². The zero-order valence-electron chi connectivity index (χ0n) is 10.0. The number of fused-ring (bicyclic) bond motifs is 1. The van der Waals surface area contributed by atoms with Gasteiger partial charge in [0, 0.05) is 29.2 Å². The summed E-state index contributed by atoms with van der Waals surface area (Å²) in [5.41, 5.74) is 2.11. The highest BCUT2D eigenvalue weighted by Crippen LogP contribution is 2.38. The number of nitrogens with zero attached hydrogens (tertiary/aromatic N) is 2. The van der Waals surface area contributed by atoms with Gasteiger partial charge in [0.25, 0.3) is 0 Å². The molecule has 0 saturated carbocycles. The molecule has 8 nitrogen and oxygen atoms in total. The molecule has 1 aliphatic heterocycles. The Labute approximate surface area is 107 Å². The van der Waals surface area contributed by atoms with Crippen LogP contribution in [0.15, 0.2) is 6.20 Å². The summed E-state index contributed by atoms with van der Waals surface area (Å²) in [6, 6.07) is 0. The van der Waals surface area contributed by atoms with Gasteiger partial charge in [-0.3, -0.25) is 15.0 Å².